The van der Waals surface area contributed by atoms with Crippen LogP contribution >= 0.6 is 0 Å². The number of nitrogens with one attached hydrogen (secondary N) is 2. The van der Waals surface area contributed by atoms with E-state index in [-0.39, 0.29) is 18.6 Å². The molecule has 200 valence electrons. The van der Waals surface area contributed by atoms with Crippen LogP contribution in [0.25, 0.3) is 22.3 Å². The molecule has 0 unspecified atom stereocenters. The maximum atomic E-state index is 12.3. The standard InChI is InChI=1S/C26H33N9O3/c1-7-23(37)28-19-12-20(22(38-6)13-21(19)33(4)11-10-32(2)3)29-26-30-24(17-14-27-34(5)15-17)18-8-9-35(16-36)25(18)31-26/h7-9,12-15,36H,1,10-11,16H2,2-6H3,(H,28,37)(H,29,30,31). The molecule has 0 aliphatic rings. The van der Waals surface area contributed by atoms with Crippen LogP contribution < -0.4 is 20.3 Å². The minimum Gasteiger partial charge on any atom is -0.494 e. The topological polar surface area (TPSA) is 126 Å². The summed E-state index contributed by atoms with van der Waals surface area (Å²) < 4.78 is 9.03. The van der Waals surface area contributed by atoms with Crippen molar-refractivity contribution in [3.63, 3.8) is 0 Å². The van der Waals surface area contributed by atoms with E-state index in [4.69, 9.17) is 9.72 Å². The highest BCUT2D eigenvalue weighted by molar-refractivity contribution is 6.02. The number of rotatable bonds is 11. The highest BCUT2D eigenvalue weighted by Gasteiger charge is 2.19. The van der Waals surface area contributed by atoms with Gasteiger partial charge in [-0.3, -0.25) is 9.48 Å². The van der Waals surface area contributed by atoms with Gasteiger partial charge in [0.1, 0.15) is 18.1 Å². The number of anilines is 4. The summed E-state index contributed by atoms with van der Waals surface area (Å²) in [6, 6.07) is 5.50. The first-order valence-electron chi connectivity index (χ1n) is 12.0. The van der Waals surface area contributed by atoms with Gasteiger partial charge in [0.15, 0.2) is 0 Å². The van der Waals surface area contributed by atoms with E-state index < -0.39 is 0 Å². The zero-order valence-electron chi connectivity index (χ0n) is 22.3. The van der Waals surface area contributed by atoms with Gasteiger partial charge in [-0.15, -0.1) is 0 Å². The zero-order chi connectivity index (χ0) is 27.4. The summed E-state index contributed by atoms with van der Waals surface area (Å²) in [5, 5.41) is 21.0. The van der Waals surface area contributed by atoms with Crippen molar-refractivity contribution in [3.05, 3.63) is 49.4 Å². The monoisotopic (exact) mass is 519 g/mol. The Bertz CT molecular complexity index is 1460. The number of carbonyl (C=O) groups excluding carboxylic acids is 1. The zero-order valence-corrected chi connectivity index (χ0v) is 22.3. The normalized spacial score (nSPS) is 11.1. The Kier molecular flexibility index (Phi) is 7.93. The van der Waals surface area contributed by atoms with E-state index in [0.29, 0.717) is 28.5 Å². The summed E-state index contributed by atoms with van der Waals surface area (Å²) in [6.45, 7) is 4.89. The largest absolute Gasteiger partial charge is 0.494 e. The Morgan fingerprint density at radius 2 is 2.00 bits per heavy atom. The molecule has 1 aromatic carbocycles. The molecular formula is C26H33N9O3. The van der Waals surface area contributed by atoms with Crippen molar-refractivity contribution in [2.75, 3.05) is 56.9 Å². The lowest BCUT2D eigenvalue weighted by molar-refractivity contribution is -0.111. The fraction of sp³-hybridized carbons (Fsp3) is 0.308. The lowest BCUT2D eigenvalue weighted by Gasteiger charge is -2.26. The lowest BCUT2D eigenvalue weighted by Crippen LogP contribution is -2.29. The van der Waals surface area contributed by atoms with Gasteiger partial charge in [0.25, 0.3) is 0 Å². The second-order valence-corrected chi connectivity index (χ2v) is 9.08. The summed E-state index contributed by atoms with van der Waals surface area (Å²) in [4.78, 5) is 25.8. The molecule has 3 N–H and O–H groups in total. The molecule has 38 heavy (non-hydrogen) atoms. The molecule has 12 heteroatoms. The van der Waals surface area contributed by atoms with Crippen LogP contribution in [-0.2, 0) is 18.6 Å². The molecular weight excluding hydrogens is 486 g/mol. The predicted molar refractivity (Wildman–Crippen MR) is 149 cm³/mol. The summed E-state index contributed by atoms with van der Waals surface area (Å²) in [6.07, 6.45) is 6.57. The van der Waals surface area contributed by atoms with Crippen molar-refractivity contribution in [1.29, 1.82) is 0 Å². The second kappa shape index (κ2) is 11.3. The van der Waals surface area contributed by atoms with Gasteiger partial charge in [-0.2, -0.15) is 10.1 Å². The molecule has 12 nitrogen and oxygen atoms in total. The number of ether oxygens (including phenoxy) is 1. The molecule has 0 saturated heterocycles. The van der Waals surface area contributed by atoms with Gasteiger partial charge in [0, 0.05) is 56.6 Å². The van der Waals surface area contributed by atoms with Crippen molar-refractivity contribution in [2.45, 2.75) is 6.73 Å². The molecule has 0 radical (unpaired) electrons. The van der Waals surface area contributed by atoms with Crippen molar-refractivity contribution in [1.82, 2.24) is 29.2 Å². The summed E-state index contributed by atoms with van der Waals surface area (Å²) in [5.74, 6) is 0.496. The van der Waals surface area contributed by atoms with Crippen LogP contribution in [0.1, 0.15) is 0 Å². The van der Waals surface area contributed by atoms with E-state index in [0.717, 1.165) is 29.7 Å². The average Bonchev–Trinajstić information content (AvgIpc) is 3.52. The SMILES string of the molecule is C=CC(=O)Nc1cc(Nc2nc(-c3cnn(C)c3)c3ccn(CO)c3n2)c(OC)cc1N(C)CCN(C)C. The number of nitrogens with zero attached hydrogens (tertiary/aromatic N) is 7. The van der Waals surface area contributed by atoms with E-state index in [1.807, 2.05) is 51.4 Å². The van der Waals surface area contributed by atoms with Crippen molar-refractivity contribution >= 4 is 40.0 Å². The molecule has 3 aromatic heterocycles. The highest BCUT2D eigenvalue weighted by Crippen LogP contribution is 2.38. The van der Waals surface area contributed by atoms with Crippen LogP contribution in [-0.4, -0.2) is 81.6 Å². The van der Waals surface area contributed by atoms with Gasteiger partial charge in [-0.25, -0.2) is 4.98 Å². The van der Waals surface area contributed by atoms with Crippen LogP contribution in [0.5, 0.6) is 5.75 Å². The molecule has 0 saturated carbocycles. The first kappa shape index (κ1) is 26.6. The number of methoxy groups -OCH3 is 1. The van der Waals surface area contributed by atoms with Crippen LogP contribution in [0, 0.1) is 0 Å². The molecule has 1 amide bonds. The van der Waals surface area contributed by atoms with E-state index >= 15 is 0 Å². The van der Waals surface area contributed by atoms with Gasteiger partial charge in [0.05, 0.1) is 36.1 Å². The molecule has 0 aliphatic carbocycles. The fourth-order valence-corrected chi connectivity index (χ4v) is 4.02. The number of carbonyl (C=O) groups is 1. The van der Waals surface area contributed by atoms with Gasteiger partial charge < -0.3 is 34.8 Å². The number of fused-ring (bicyclic) bond motifs is 1. The number of likely N-dealkylation sites (N-methyl/N-ethyl adjacent to an activating group) is 2. The minimum absolute atomic E-state index is 0.235. The van der Waals surface area contributed by atoms with E-state index in [1.165, 1.54) is 6.08 Å². The van der Waals surface area contributed by atoms with Gasteiger partial charge in [0.2, 0.25) is 11.9 Å². The number of aliphatic hydroxyl groups excluding tert-OH is 1. The Morgan fingerprint density at radius 1 is 1.21 bits per heavy atom. The van der Waals surface area contributed by atoms with Gasteiger partial charge in [-0.05, 0) is 32.3 Å². The number of benzene rings is 1. The second-order valence-electron chi connectivity index (χ2n) is 9.08. The highest BCUT2D eigenvalue weighted by atomic mass is 16.5. The van der Waals surface area contributed by atoms with Gasteiger partial charge >= 0.3 is 0 Å². The smallest absolute Gasteiger partial charge is 0.247 e. The third-order valence-corrected chi connectivity index (χ3v) is 6.05. The maximum Gasteiger partial charge on any atom is 0.247 e. The Hall–Kier alpha value is -4.42. The molecule has 4 aromatic rings. The van der Waals surface area contributed by atoms with Gasteiger partial charge in [-0.1, -0.05) is 6.58 Å². The minimum atomic E-state index is -0.333. The van der Waals surface area contributed by atoms with E-state index in [9.17, 15) is 9.90 Å². The van der Waals surface area contributed by atoms with Crippen LogP contribution in [0.2, 0.25) is 0 Å². The maximum absolute atomic E-state index is 12.3. The summed E-state index contributed by atoms with van der Waals surface area (Å²) in [7, 11) is 9.38. The molecule has 4 rings (SSSR count). The number of aliphatic hydroxyl groups is 1. The quantitative estimate of drug-likeness (QED) is 0.256. The van der Waals surface area contributed by atoms with Crippen LogP contribution in [0.3, 0.4) is 0 Å². The number of aromatic nitrogens is 5. The number of amides is 1. The summed E-state index contributed by atoms with van der Waals surface area (Å²) in [5.41, 5.74) is 3.94. The molecule has 0 fully saturated rings. The first-order chi connectivity index (χ1) is 18.2. The third kappa shape index (κ3) is 5.61. The number of aryl methyl sites for hydroxylation is 1. The Labute approximate surface area is 221 Å². The molecule has 0 bridgehead atoms. The lowest BCUT2D eigenvalue weighted by atomic mass is 10.2. The first-order valence-corrected chi connectivity index (χ1v) is 12.0. The molecule has 0 spiro atoms. The number of hydrogen-bond acceptors (Lipinski definition) is 9. The van der Waals surface area contributed by atoms with Crippen molar-refractivity contribution in [3.8, 4) is 17.0 Å². The van der Waals surface area contributed by atoms with E-state index in [1.54, 1.807) is 34.8 Å². The Balaban J connectivity index is 1.80. The van der Waals surface area contributed by atoms with Crippen molar-refractivity contribution < 1.29 is 14.6 Å². The molecule has 0 atom stereocenters. The van der Waals surface area contributed by atoms with E-state index in [2.05, 4.69) is 32.2 Å². The van der Waals surface area contributed by atoms with Crippen LogP contribution in [0.4, 0.5) is 23.0 Å². The molecule has 3 heterocycles. The average molecular weight is 520 g/mol. The van der Waals surface area contributed by atoms with Crippen molar-refractivity contribution in [2.24, 2.45) is 7.05 Å². The summed E-state index contributed by atoms with van der Waals surface area (Å²) >= 11 is 0. The Morgan fingerprint density at radius 3 is 2.63 bits per heavy atom. The van der Waals surface area contributed by atoms with Crippen LogP contribution in [0.15, 0.2) is 49.4 Å². The number of hydrogen-bond donors (Lipinski definition) is 3. The fourth-order valence-electron chi connectivity index (χ4n) is 4.02. The third-order valence-electron chi connectivity index (χ3n) is 6.05. The predicted octanol–water partition coefficient (Wildman–Crippen LogP) is 2.66. The molecule has 0 aliphatic heterocycles.